The minimum atomic E-state index is -5.07. The Labute approximate surface area is 111 Å². The molecule has 18 heavy (non-hydrogen) atoms. The topological polar surface area (TPSA) is 0 Å². The van der Waals surface area contributed by atoms with Crippen LogP contribution in [0.15, 0.2) is 0 Å². The molecule has 0 nitrogen and oxygen atoms in total. The summed E-state index contributed by atoms with van der Waals surface area (Å²) >= 11 is -6.05. The van der Waals surface area contributed by atoms with Gasteiger partial charge >= 0.3 is 112 Å². The van der Waals surface area contributed by atoms with E-state index in [-0.39, 0.29) is 0 Å². The van der Waals surface area contributed by atoms with Crippen LogP contribution in [-0.4, -0.2) is 47.1 Å². The number of alkyl halides is 9. The Morgan fingerprint density at radius 1 is 0.667 bits per heavy atom. The Hall–Kier alpha value is 0.733. The summed E-state index contributed by atoms with van der Waals surface area (Å²) in [6.45, 7) is 0. The first-order valence-corrected chi connectivity index (χ1v) is 9.18. The van der Waals surface area contributed by atoms with E-state index in [0.29, 0.717) is 0 Å². The van der Waals surface area contributed by atoms with Crippen molar-refractivity contribution >= 4 is 47.1 Å². The van der Waals surface area contributed by atoms with Crippen molar-refractivity contribution in [3.63, 3.8) is 0 Å². The Morgan fingerprint density at radius 2 is 1.00 bits per heavy atom. The third-order valence-electron chi connectivity index (χ3n) is 1.34. The molecule has 13 heteroatoms. The van der Waals surface area contributed by atoms with Crippen LogP contribution in [0.2, 0.25) is 0 Å². The van der Waals surface area contributed by atoms with Gasteiger partial charge in [0.05, 0.1) is 0 Å². The van der Waals surface area contributed by atoms with Gasteiger partial charge in [-0.15, -0.1) is 0 Å². The van der Waals surface area contributed by atoms with Crippen LogP contribution in [0.3, 0.4) is 0 Å². The molecule has 0 fully saturated rings. The summed E-state index contributed by atoms with van der Waals surface area (Å²) in [5.74, 6) is 0. The van der Waals surface area contributed by atoms with Crippen LogP contribution in [0.5, 0.6) is 0 Å². The van der Waals surface area contributed by atoms with E-state index in [1.807, 2.05) is 0 Å². The van der Waals surface area contributed by atoms with E-state index in [1.54, 1.807) is 0 Å². The number of halogens is 9. The molecule has 102 valence electrons. The average Bonchev–Trinajstić information content (AvgIpc) is 2.13. The summed E-state index contributed by atoms with van der Waals surface area (Å²) in [6, 6.07) is 0. The van der Waals surface area contributed by atoms with Gasteiger partial charge in [0.15, 0.2) is 0 Å². The van der Waals surface area contributed by atoms with Gasteiger partial charge in [0, 0.05) is 0 Å². The van der Waals surface area contributed by atoms with E-state index < -0.39 is 72.1 Å². The molecular formula is C5BF9Se3+2. The molecule has 1 rings (SSSR count). The van der Waals surface area contributed by atoms with E-state index >= 15 is 0 Å². The fourth-order valence-corrected chi connectivity index (χ4v) is 16.0. The molecule has 0 saturated carbocycles. The van der Waals surface area contributed by atoms with Crippen molar-refractivity contribution in [2.24, 2.45) is 0 Å². The van der Waals surface area contributed by atoms with Gasteiger partial charge in [-0.25, -0.2) is 0 Å². The molecule has 0 atom stereocenters. The van der Waals surface area contributed by atoms with Crippen molar-refractivity contribution in [1.29, 1.82) is 0 Å². The second-order valence-electron chi connectivity index (χ2n) is 2.78. The first-order chi connectivity index (χ1) is 7.82. The molecule has 1 aromatic heterocycles. The van der Waals surface area contributed by atoms with Crippen molar-refractivity contribution < 1.29 is 39.5 Å². The van der Waals surface area contributed by atoms with Gasteiger partial charge in [-0.2, -0.15) is 0 Å². The maximum atomic E-state index is 12.3. The number of hydrogen-bond donors (Lipinski definition) is 0. The first-order valence-electron chi connectivity index (χ1n) is 3.78. The molecule has 0 aliphatic carbocycles. The third-order valence-corrected chi connectivity index (χ3v) is 13.0. The van der Waals surface area contributed by atoms with Crippen LogP contribution >= 0.6 is 0 Å². The molecule has 0 bridgehead atoms. The van der Waals surface area contributed by atoms with Crippen LogP contribution in [-0.2, 0) is 18.4 Å². The van der Waals surface area contributed by atoms with Crippen LogP contribution in [0.25, 0.3) is 0 Å². The van der Waals surface area contributed by atoms with Crippen molar-refractivity contribution in [2.45, 2.75) is 18.4 Å². The quantitative estimate of drug-likeness (QED) is 0.396. The third kappa shape index (κ3) is 4.39. The van der Waals surface area contributed by atoms with Crippen LogP contribution in [0.1, 0.15) is 6.62 Å². The van der Waals surface area contributed by atoms with Crippen molar-refractivity contribution in [1.82, 2.24) is 0 Å². The SMILES string of the molecule is FC(F)(F)[b-]1[se+]c(C(F)(F)F)[se+]c(C(F)(F)F)[se+]1. The Kier molecular flexibility index (Phi) is 4.90. The van der Waals surface area contributed by atoms with E-state index in [2.05, 4.69) is 0 Å². The molecular weight excluding hydrogens is 479 g/mol. The van der Waals surface area contributed by atoms with Gasteiger partial charge < -0.3 is 0 Å². The van der Waals surface area contributed by atoms with Crippen molar-refractivity contribution in [2.75, 3.05) is 0 Å². The van der Waals surface area contributed by atoms with Gasteiger partial charge in [-0.1, -0.05) is 0 Å². The normalized spacial score (nSPS) is 13.8. The molecule has 0 amide bonds. The molecule has 0 aliphatic rings. The van der Waals surface area contributed by atoms with E-state index in [4.69, 9.17) is 0 Å². The Balaban J connectivity index is 3.49. The Bertz CT molecular complexity index is 368. The second-order valence-corrected chi connectivity index (χ2v) is 13.7. The zero-order valence-electron chi connectivity index (χ0n) is 7.70. The monoisotopic (exact) mass is 482 g/mol. The van der Waals surface area contributed by atoms with Gasteiger partial charge in [0.25, 0.3) is 0 Å². The predicted octanol–water partition coefficient (Wildman–Crippen LogP) is 2.24. The fraction of sp³-hybridized carbons (Fsp3) is 0.600. The fourth-order valence-electron chi connectivity index (χ4n) is 0.734. The average molecular weight is 479 g/mol. The molecule has 0 unspecified atom stereocenters. The minimum absolute atomic E-state index is 1.54. The molecule has 0 spiro atoms. The molecule has 0 saturated heterocycles. The molecule has 0 aromatic carbocycles. The molecule has 1 heterocycles. The number of hydrogen-bond acceptors (Lipinski definition) is 0. The second kappa shape index (κ2) is 5.26. The van der Waals surface area contributed by atoms with Gasteiger partial charge in [-0.3, -0.25) is 0 Å². The zero-order chi connectivity index (χ0) is 14.4. The van der Waals surface area contributed by atoms with Gasteiger partial charge in [-0.05, 0) is 0 Å². The Morgan fingerprint density at radius 3 is 1.22 bits per heavy atom. The van der Waals surface area contributed by atoms with E-state index in [9.17, 15) is 39.5 Å². The first kappa shape index (κ1) is 16.8. The van der Waals surface area contributed by atoms with Crippen LogP contribution in [0.4, 0.5) is 39.5 Å². The summed E-state index contributed by atoms with van der Waals surface area (Å²) in [5.41, 5.74) is 0. The van der Waals surface area contributed by atoms with Gasteiger partial charge in [0.2, 0.25) is 0 Å². The molecule has 0 aliphatic heterocycles. The predicted molar refractivity (Wildman–Crippen MR) is 47.7 cm³/mol. The maximum absolute atomic E-state index is 12.3. The van der Waals surface area contributed by atoms with Crippen molar-refractivity contribution in [3.05, 3.63) is 6.62 Å². The summed E-state index contributed by atoms with van der Waals surface area (Å²) in [7, 11) is 0. The summed E-state index contributed by atoms with van der Waals surface area (Å²) < 4.78 is 105. The summed E-state index contributed by atoms with van der Waals surface area (Å²) in [6.07, 6.45) is -15.2. The number of rotatable bonds is 0. The zero-order valence-corrected chi connectivity index (χ0v) is 12.8. The van der Waals surface area contributed by atoms with E-state index in [0.717, 1.165) is 0 Å². The van der Waals surface area contributed by atoms with Crippen molar-refractivity contribution in [3.8, 4) is 0 Å². The molecule has 1 aromatic rings. The summed E-state index contributed by atoms with van der Waals surface area (Å²) in [5, 5.41) is 0. The summed E-state index contributed by atoms with van der Waals surface area (Å²) in [4.78, 5) is 0. The van der Waals surface area contributed by atoms with Crippen LogP contribution in [0, 0.1) is 0 Å². The molecule has 0 radical (unpaired) electrons. The van der Waals surface area contributed by atoms with Crippen LogP contribution < -0.4 is 0 Å². The molecule has 0 N–H and O–H groups in total. The van der Waals surface area contributed by atoms with E-state index in [1.165, 1.54) is 0 Å². The standard InChI is InChI=1S/C5BF9Se3/c7-3(8,9)1-16-2(4(10,11)12)18-6(17-1)5(13,14)15/q+2. The van der Waals surface area contributed by atoms with Gasteiger partial charge in [0.1, 0.15) is 0 Å².